The van der Waals surface area contributed by atoms with Crippen LogP contribution in [0.1, 0.15) is 6.42 Å². The largest absolute Gasteiger partial charge is 0.481 e. The average molecular weight is 131 g/mol. The molecule has 0 saturated heterocycles. The van der Waals surface area contributed by atoms with Crippen molar-refractivity contribution in [2.75, 3.05) is 0 Å². The average Bonchev–Trinajstić information content (AvgIpc) is 1.81. The number of aliphatic hydroxyl groups excluding tert-OH is 1. The van der Waals surface area contributed by atoms with Crippen molar-refractivity contribution in [3.63, 3.8) is 0 Å². The smallest absolute Gasteiger partial charge is 0.308 e. The minimum absolute atomic E-state index is 0.302. The SMILES string of the molecule is NC1C(O)CC1C(=O)O. The molecule has 0 spiro atoms. The second-order valence-electron chi connectivity index (χ2n) is 2.33. The Morgan fingerprint density at radius 1 is 1.67 bits per heavy atom. The molecule has 0 heterocycles. The van der Waals surface area contributed by atoms with Gasteiger partial charge >= 0.3 is 5.97 Å². The first kappa shape index (κ1) is 6.51. The molecule has 3 atom stereocenters. The first-order chi connectivity index (χ1) is 4.13. The molecule has 4 heteroatoms. The lowest BCUT2D eigenvalue weighted by Gasteiger charge is -2.35. The third-order valence-electron chi connectivity index (χ3n) is 1.72. The number of hydrogen-bond acceptors (Lipinski definition) is 3. The summed E-state index contributed by atoms with van der Waals surface area (Å²) in [5.74, 6) is -1.44. The van der Waals surface area contributed by atoms with E-state index in [1.54, 1.807) is 0 Å². The van der Waals surface area contributed by atoms with E-state index in [2.05, 4.69) is 0 Å². The molecule has 0 radical (unpaired) electrons. The van der Waals surface area contributed by atoms with Crippen LogP contribution in [0, 0.1) is 5.92 Å². The molecule has 1 aliphatic rings. The normalized spacial score (nSPS) is 41.8. The van der Waals surface area contributed by atoms with Gasteiger partial charge in [0, 0.05) is 6.04 Å². The Hall–Kier alpha value is -0.610. The molecule has 1 aliphatic carbocycles. The topological polar surface area (TPSA) is 83.5 Å². The van der Waals surface area contributed by atoms with Gasteiger partial charge in [0.1, 0.15) is 0 Å². The Kier molecular flexibility index (Phi) is 1.42. The zero-order chi connectivity index (χ0) is 7.02. The predicted octanol–water partition coefficient (Wildman–Crippen LogP) is -1.22. The van der Waals surface area contributed by atoms with Gasteiger partial charge in [0.2, 0.25) is 0 Å². The summed E-state index contributed by atoms with van der Waals surface area (Å²) in [6, 6.07) is -0.553. The van der Waals surface area contributed by atoms with Gasteiger partial charge in [-0.2, -0.15) is 0 Å². The lowest BCUT2D eigenvalue weighted by atomic mass is 9.77. The van der Waals surface area contributed by atoms with E-state index < -0.39 is 24.0 Å². The van der Waals surface area contributed by atoms with Gasteiger partial charge in [-0.25, -0.2) is 0 Å². The fourth-order valence-corrected chi connectivity index (χ4v) is 0.912. The molecule has 0 aliphatic heterocycles. The third-order valence-corrected chi connectivity index (χ3v) is 1.72. The Morgan fingerprint density at radius 3 is 2.33 bits per heavy atom. The zero-order valence-electron chi connectivity index (χ0n) is 4.82. The molecule has 3 unspecified atom stereocenters. The fourth-order valence-electron chi connectivity index (χ4n) is 0.912. The molecule has 0 aromatic rings. The quantitative estimate of drug-likeness (QED) is 0.416. The van der Waals surface area contributed by atoms with E-state index in [0.717, 1.165) is 0 Å². The highest BCUT2D eigenvalue weighted by Crippen LogP contribution is 2.25. The number of aliphatic hydroxyl groups is 1. The Bertz CT molecular complexity index is 136. The second-order valence-corrected chi connectivity index (χ2v) is 2.33. The van der Waals surface area contributed by atoms with Gasteiger partial charge in [-0.1, -0.05) is 0 Å². The first-order valence-corrected chi connectivity index (χ1v) is 2.79. The van der Waals surface area contributed by atoms with Crippen LogP contribution in [-0.4, -0.2) is 28.3 Å². The summed E-state index contributed by atoms with van der Waals surface area (Å²) in [5.41, 5.74) is 5.24. The molecular formula is C5H9NO3. The van der Waals surface area contributed by atoms with E-state index in [1.165, 1.54) is 0 Å². The van der Waals surface area contributed by atoms with Crippen molar-refractivity contribution in [2.24, 2.45) is 11.7 Å². The van der Waals surface area contributed by atoms with Crippen molar-refractivity contribution < 1.29 is 15.0 Å². The molecule has 0 amide bonds. The van der Waals surface area contributed by atoms with Gasteiger partial charge in [0.05, 0.1) is 12.0 Å². The molecule has 4 N–H and O–H groups in total. The van der Waals surface area contributed by atoms with Crippen LogP contribution in [0.15, 0.2) is 0 Å². The van der Waals surface area contributed by atoms with Crippen molar-refractivity contribution >= 4 is 5.97 Å². The van der Waals surface area contributed by atoms with E-state index in [9.17, 15) is 4.79 Å². The fraction of sp³-hybridized carbons (Fsp3) is 0.800. The molecule has 4 nitrogen and oxygen atoms in total. The van der Waals surface area contributed by atoms with Crippen molar-refractivity contribution in [3.05, 3.63) is 0 Å². The van der Waals surface area contributed by atoms with Gasteiger partial charge in [-0.15, -0.1) is 0 Å². The molecular weight excluding hydrogens is 122 g/mol. The number of carboxylic acid groups (broad SMARTS) is 1. The van der Waals surface area contributed by atoms with Crippen molar-refractivity contribution in [1.29, 1.82) is 0 Å². The van der Waals surface area contributed by atoms with Crippen molar-refractivity contribution in [2.45, 2.75) is 18.6 Å². The summed E-state index contributed by atoms with van der Waals surface area (Å²) in [7, 11) is 0. The maximum atomic E-state index is 10.1. The van der Waals surface area contributed by atoms with E-state index in [4.69, 9.17) is 15.9 Å². The molecule has 52 valence electrons. The molecule has 1 rings (SSSR count). The number of hydrogen-bond donors (Lipinski definition) is 3. The standard InChI is InChI=1S/C5H9NO3/c6-4-2(5(8)9)1-3(4)7/h2-4,7H,1,6H2,(H,8,9). The van der Waals surface area contributed by atoms with Gasteiger partial charge in [-0.3, -0.25) is 4.79 Å². The van der Waals surface area contributed by atoms with Crippen molar-refractivity contribution in [1.82, 2.24) is 0 Å². The molecule has 1 fully saturated rings. The third kappa shape index (κ3) is 0.906. The number of carboxylic acids is 1. The van der Waals surface area contributed by atoms with Crippen LogP contribution in [0.4, 0.5) is 0 Å². The Balaban J connectivity index is 2.42. The highest BCUT2D eigenvalue weighted by molar-refractivity contribution is 5.72. The molecule has 0 aromatic heterocycles. The van der Waals surface area contributed by atoms with Crippen molar-refractivity contribution in [3.8, 4) is 0 Å². The first-order valence-electron chi connectivity index (χ1n) is 2.79. The number of rotatable bonds is 1. The summed E-state index contributed by atoms with van der Waals surface area (Å²) in [6.45, 7) is 0. The minimum atomic E-state index is -0.909. The molecule has 1 saturated carbocycles. The minimum Gasteiger partial charge on any atom is -0.481 e. The van der Waals surface area contributed by atoms with Crippen LogP contribution < -0.4 is 5.73 Å². The molecule has 0 bridgehead atoms. The van der Waals surface area contributed by atoms with E-state index >= 15 is 0 Å². The number of carbonyl (C=O) groups is 1. The monoisotopic (exact) mass is 131 g/mol. The Labute approximate surface area is 52.3 Å². The summed E-state index contributed by atoms with van der Waals surface area (Å²) < 4.78 is 0. The van der Waals surface area contributed by atoms with Crippen LogP contribution in [0.5, 0.6) is 0 Å². The Morgan fingerprint density at radius 2 is 2.22 bits per heavy atom. The maximum absolute atomic E-state index is 10.1. The van der Waals surface area contributed by atoms with Gasteiger partial charge in [-0.05, 0) is 6.42 Å². The summed E-state index contributed by atoms with van der Waals surface area (Å²) in [4.78, 5) is 10.1. The van der Waals surface area contributed by atoms with Gasteiger partial charge in [0.15, 0.2) is 0 Å². The summed E-state index contributed by atoms with van der Waals surface area (Å²) in [5, 5.41) is 17.1. The van der Waals surface area contributed by atoms with Crippen LogP contribution in [-0.2, 0) is 4.79 Å². The zero-order valence-corrected chi connectivity index (χ0v) is 4.82. The van der Waals surface area contributed by atoms with E-state index in [-0.39, 0.29) is 0 Å². The highest BCUT2D eigenvalue weighted by atomic mass is 16.4. The second kappa shape index (κ2) is 1.97. The lowest BCUT2D eigenvalue weighted by molar-refractivity contribution is -0.150. The highest BCUT2D eigenvalue weighted by Gasteiger charge is 2.41. The van der Waals surface area contributed by atoms with Crippen LogP contribution in [0.3, 0.4) is 0 Å². The van der Waals surface area contributed by atoms with E-state index in [1.807, 2.05) is 0 Å². The van der Waals surface area contributed by atoms with Gasteiger partial charge < -0.3 is 15.9 Å². The molecule has 9 heavy (non-hydrogen) atoms. The summed E-state index contributed by atoms with van der Waals surface area (Å²) >= 11 is 0. The summed E-state index contributed by atoms with van der Waals surface area (Å²) in [6.07, 6.45) is -0.303. The predicted molar refractivity (Wildman–Crippen MR) is 29.7 cm³/mol. The van der Waals surface area contributed by atoms with Gasteiger partial charge in [0.25, 0.3) is 0 Å². The maximum Gasteiger partial charge on any atom is 0.308 e. The number of aliphatic carboxylic acids is 1. The molecule has 0 aromatic carbocycles. The van der Waals surface area contributed by atoms with Crippen LogP contribution in [0.25, 0.3) is 0 Å². The number of nitrogens with two attached hydrogens (primary N) is 1. The van der Waals surface area contributed by atoms with Crippen LogP contribution >= 0.6 is 0 Å². The lowest BCUT2D eigenvalue weighted by Crippen LogP contribution is -2.55. The van der Waals surface area contributed by atoms with E-state index in [0.29, 0.717) is 6.42 Å². The van der Waals surface area contributed by atoms with Crippen LogP contribution in [0.2, 0.25) is 0 Å².